The molecule has 0 bridgehead atoms. The number of hydrogen-bond acceptors (Lipinski definition) is 4. The van der Waals surface area contributed by atoms with Gasteiger partial charge >= 0.3 is 0 Å². The predicted molar refractivity (Wildman–Crippen MR) is 69.8 cm³/mol. The van der Waals surface area contributed by atoms with Crippen LogP contribution in [0.3, 0.4) is 0 Å². The Balaban J connectivity index is 2.57. The lowest BCUT2D eigenvalue weighted by Gasteiger charge is -2.34. The number of rotatable bonds is 6. The molecule has 1 saturated heterocycles. The Morgan fingerprint density at radius 2 is 2.12 bits per heavy atom. The quantitative estimate of drug-likeness (QED) is 0.774. The van der Waals surface area contributed by atoms with Crippen molar-refractivity contribution >= 4 is 9.84 Å². The second-order valence-corrected chi connectivity index (χ2v) is 7.92. The Morgan fingerprint density at radius 1 is 1.47 bits per heavy atom. The lowest BCUT2D eigenvalue weighted by Crippen LogP contribution is -2.42. The summed E-state index contributed by atoms with van der Waals surface area (Å²) in [5.41, 5.74) is -0.115. The van der Waals surface area contributed by atoms with Gasteiger partial charge in [-0.15, -0.1) is 0 Å². The SMILES string of the molecule is CCCC(C)(CO)CN(C)C1CCS(=O)(=O)C1. The molecule has 0 spiro atoms. The van der Waals surface area contributed by atoms with Crippen molar-refractivity contribution in [1.82, 2.24) is 4.90 Å². The highest BCUT2D eigenvalue weighted by Crippen LogP contribution is 2.26. The smallest absolute Gasteiger partial charge is 0.151 e. The highest BCUT2D eigenvalue weighted by Gasteiger charge is 2.33. The number of aliphatic hydroxyl groups is 1. The fourth-order valence-corrected chi connectivity index (χ4v) is 4.47. The molecule has 102 valence electrons. The van der Waals surface area contributed by atoms with Crippen LogP contribution >= 0.6 is 0 Å². The summed E-state index contributed by atoms with van der Waals surface area (Å²) < 4.78 is 22.9. The van der Waals surface area contributed by atoms with Crippen molar-refractivity contribution in [2.75, 3.05) is 31.7 Å². The van der Waals surface area contributed by atoms with Gasteiger partial charge in [-0.05, 0) is 19.9 Å². The minimum atomic E-state index is -2.82. The minimum absolute atomic E-state index is 0.115. The van der Waals surface area contributed by atoms with Crippen LogP contribution in [0.5, 0.6) is 0 Å². The van der Waals surface area contributed by atoms with E-state index < -0.39 is 9.84 Å². The van der Waals surface area contributed by atoms with Crippen molar-refractivity contribution in [3.8, 4) is 0 Å². The van der Waals surface area contributed by atoms with Gasteiger partial charge in [0.1, 0.15) is 0 Å². The third-order valence-electron chi connectivity index (χ3n) is 3.70. The van der Waals surface area contributed by atoms with Gasteiger partial charge < -0.3 is 10.0 Å². The molecule has 2 unspecified atom stereocenters. The van der Waals surface area contributed by atoms with Crippen LogP contribution in [0.25, 0.3) is 0 Å². The molecule has 1 aliphatic rings. The molecule has 1 rings (SSSR count). The molecule has 0 aliphatic carbocycles. The molecular weight excluding hydrogens is 238 g/mol. The molecule has 0 aromatic heterocycles. The van der Waals surface area contributed by atoms with Gasteiger partial charge in [-0.3, -0.25) is 0 Å². The van der Waals surface area contributed by atoms with E-state index in [-0.39, 0.29) is 23.8 Å². The lowest BCUT2D eigenvalue weighted by molar-refractivity contribution is 0.0773. The van der Waals surface area contributed by atoms with Crippen LogP contribution in [0.15, 0.2) is 0 Å². The van der Waals surface area contributed by atoms with Gasteiger partial charge in [-0.25, -0.2) is 8.42 Å². The Labute approximate surface area is 105 Å². The van der Waals surface area contributed by atoms with E-state index in [1.165, 1.54) is 0 Å². The van der Waals surface area contributed by atoms with Crippen LogP contribution in [-0.4, -0.2) is 56.2 Å². The maximum Gasteiger partial charge on any atom is 0.151 e. The first-order valence-corrected chi connectivity index (χ1v) is 8.15. The molecule has 0 radical (unpaired) electrons. The average molecular weight is 263 g/mol. The van der Waals surface area contributed by atoms with Gasteiger partial charge in [0.05, 0.1) is 11.5 Å². The largest absolute Gasteiger partial charge is 0.396 e. The molecule has 0 aromatic carbocycles. The molecule has 1 heterocycles. The van der Waals surface area contributed by atoms with Crippen LogP contribution in [0.1, 0.15) is 33.1 Å². The van der Waals surface area contributed by atoms with Gasteiger partial charge in [-0.2, -0.15) is 0 Å². The summed E-state index contributed by atoms with van der Waals surface area (Å²) in [5, 5.41) is 9.47. The van der Waals surface area contributed by atoms with E-state index >= 15 is 0 Å². The molecule has 0 amide bonds. The van der Waals surface area contributed by atoms with Gasteiger partial charge in [0.15, 0.2) is 9.84 Å². The van der Waals surface area contributed by atoms with Gasteiger partial charge in [0.2, 0.25) is 0 Å². The number of hydrogen-bond donors (Lipinski definition) is 1. The summed E-state index contributed by atoms with van der Waals surface area (Å²) in [5.74, 6) is 0.586. The molecule has 5 heteroatoms. The highest BCUT2D eigenvalue weighted by molar-refractivity contribution is 7.91. The normalized spacial score (nSPS) is 27.2. The van der Waals surface area contributed by atoms with Crippen molar-refractivity contribution < 1.29 is 13.5 Å². The summed E-state index contributed by atoms with van der Waals surface area (Å²) in [4.78, 5) is 2.11. The second kappa shape index (κ2) is 5.67. The Kier molecular flexibility index (Phi) is 4.98. The zero-order valence-electron chi connectivity index (χ0n) is 11.1. The molecule has 0 saturated carbocycles. The van der Waals surface area contributed by atoms with E-state index in [0.29, 0.717) is 5.75 Å². The van der Waals surface area contributed by atoms with Gasteiger partial charge in [-0.1, -0.05) is 20.3 Å². The van der Waals surface area contributed by atoms with E-state index in [1.807, 2.05) is 7.05 Å². The maximum absolute atomic E-state index is 11.4. The molecule has 1 aliphatic heterocycles. The van der Waals surface area contributed by atoms with Crippen molar-refractivity contribution in [2.45, 2.75) is 39.2 Å². The van der Waals surface area contributed by atoms with Gasteiger partial charge in [0.25, 0.3) is 0 Å². The molecule has 1 N–H and O–H groups in total. The Hall–Kier alpha value is -0.130. The molecule has 17 heavy (non-hydrogen) atoms. The number of nitrogens with zero attached hydrogens (tertiary/aromatic N) is 1. The number of aliphatic hydroxyl groups excluding tert-OH is 1. The summed E-state index contributed by atoms with van der Waals surface area (Å²) in [6.07, 6.45) is 2.73. The topological polar surface area (TPSA) is 57.6 Å². The van der Waals surface area contributed by atoms with Crippen molar-refractivity contribution in [3.05, 3.63) is 0 Å². The Bertz CT molecular complexity index is 342. The van der Waals surface area contributed by atoms with Crippen LogP contribution in [0.2, 0.25) is 0 Å². The molecule has 4 nitrogen and oxygen atoms in total. The summed E-state index contributed by atoms with van der Waals surface area (Å²) in [7, 11) is -0.852. The predicted octanol–water partition coefficient (Wildman–Crippen LogP) is 0.904. The van der Waals surface area contributed by atoms with Crippen molar-refractivity contribution in [3.63, 3.8) is 0 Å². The lowest BCUT2D eigenvalue weighted by atomic mass is 9.85. The summed E-state index contributed by atoms with van der Waals surface area (Å²) in [6, 6.07) is 0.128. The molecule has 1 fully saturated rings. The van der Waals surface area contributed by atoms with Crippen LogP contribution in [-0.2, 0) is 9.84 Å². The third kappa shape index (κ3) is 4.23. The second-order valence-electron chi connectivity index (χ2n) is 5.69. The van der Waals surface area contributed by atoms with Crippen molar-refractivity contribution in [2.24, 2.45) is 5.41 Å². The number of sulfone groups is 1. The van der Waals surface area contributed by atoms with Crippen LogP contribution in [0, 0.1) is 5.41 Å². The van der Waals surface area contributed by atoms with E-state index in [0.717, 1.165) is 25.8 Å². The van der Waals surface area contributed by atoms with E-state index in [4.69, 9.17) is 0 Å². The molecular formula is C12H25NO3S. The first-order chi connectivity index (χ1) is 7.82. The average Bonchev–Trinajstić information content (AvgIpc) is 2.59. The van der Waals surface area contributed by atoms with E-state index in [9.17, 15) is 13.5 Å². The summed E-state index contributed by atoms with van der Waals surface area (Å²) in [6.45, 7) is 5.09. The van der Waals surface area contributed by atoms with Crippen LogP contribution in [0.4, 0.5) is 0 Å². The molecule has 2 atom stereocenters. The van der Waals surface area contributed by atoms with Gasteiger partial charge in [0, 0.05) is 24.6 Å². The zero-order valence-corrected chi connectivity index (χ0v) is 12.0. The standard InChI is InChI=1S/C12H25NO3S/c1-4-6-12(2,10-14)9-13(3)11-5-7-17(15,16)8-11/h11,14H,4-10H2,1-3H3. The summed E-state index contributed by atoms with van der Waals surface area (Å²) >= 11 is 0. The maximum atomic E-state index is 11.4. The van der Waals surface area contributed by atoms with Crippen molar-refractivity contribution in [1.29, 1.82) is 0 Å². The third-order valence-corrected chi connectivity index (χ3v) is 5.45. The van der Waals surface area contributed by atoms with Crippen LogP contribution < -0.4 is 0 Å². The molecule has 0 aromatic rings. The van der Waals surface area contributed by atoms with E-state index in [1.54, 1.807) is 0 Å². The monoisotopic (exact) mass is 263 g/mol. The fourth-order valence-electron chi connectivity index (χ4n) is 2.67. The Morgan fingerprint density at radius 3 is 2.53 bits per heavy atom. The minimum Gasteiger partial charge on any atom is -0.396 e. The highest BCUT2D eigenvalue weighted by atomic mass is 32.2. The fraction of sp³-hybridized carbons (Fsp3) is 1.00. The first-order valence-electron chi connectivity index (χ1n) is 6.33. The first kappa shape index (κ1) is 14.9. The zero-order chi connectivity index (χ0) is 13.1. The van der Waals surface area contributed by atoms with E-state index in [2.05, 4.69) is 18.7 Å².